The lowest BCUT2D eigenvalue weighted by molar-refractivity contribution is 0.337. The molecule has 5 nitrogen and oxygen atoms in total. The van der Waals surface area contributed by atoms with E-state index >= 15 is 0 Å². The summed E-state index contributed by atoms with van der Waals surface area (Å²) >= 11 is 0. The van der Waals surface area contributed by atoms with Crippen molar-refractivity contribution in [1.29, 1.82) is 0 Å². The lowest BCUT2D eigenvalue weighted by Crippen LogP contribution is -2.62. The zero-order valence-electron chi connectivity index (χ0n) is 10.0. The Morgan fingerprint density at radius 2 is 2.19 bits per heavy atom. The van der Waals surface area contributed by atoms with Crippen LogP contribution in [0.3, 0.4) is 0 Å². The van der Waals surface area contributed by atoms with E-state index in [9.17, 15) is 0 Å². The Morgan fingerprint density at radius 3 is 2.75 bits per heavy atom. The summed E-state index contributed by atoms with van der Waals surface area (Å²) < 4.78 is 0. The predicted molar refractivity (Wildman–Crippen MR) is 65.7 cm³/mol. The van der Waals surface area contributed by atoms with Crippen LogP contribution in [0.1, 0.15) is 20.8 Å². The van der Waals surface area contributed by atoms with Crippen LogP contribution in [0.25, 0.3) is 0 Å². The number of hydrogen-bond acceptors (Lipinski definition) is 5. The maximum absolute atomic E-state index is 4.42. The second kappa shape index (κ2) is 4.25. The Labute approximate surface area is 96.1 Å². The first-order chi connectivity index (χ1) is 7.57. The number of nitrogens with zero attached hydrogens (tertiary/aromatic N) is 2. The van der Waals surface area contributed by atoms with Crippen molar-refractivity contribution >= 4 is 11.8 Å². The van der Waals surface area contributed by atoms with Gasteiger partial charge in [-0.15, -0.1) is 0 Å². The van der Waals surface area contributed by atoms with Crippen LogP contribution in [0.5, 0.6) is 0 Å². The molecule has 16 heavy (non-hydrogen) atoms. The summed E-state index contributed by atoms with van der Waals surface area (Å²) in [5.74, 6) is 1.55. The van der Waals surface area contributed by atoms with Gasteiger partial charge >= 0.3 is 0 Å². The fourth-order valence-corrected chi connectivity index (χ4v) is 1.65. The monoisotopic (exact) mass is 221 g/mol. The topological polar surface area (TPSA) is 61.9 Å². The maximum atomic E-state index is 4.42. The molecule has 1 aliphatic rings. The van der Waals surface area contributed by atoms with Crippen molar-refractivity contribution in [2.24, 2.45) is 0 Å². The standard InChI is InChI=1S/C11H19N5/c1-8(2)14-10-13-5-4-9(15-10)16-11(3)6-12-7-11/h4-5,8,12H,6-7H2,1-3H3,(H2,13,14,15,16). The fourth-order valence-electron chi connectivity index (χ4n) is 1.65. The molecule has 88 valence electrons. The number of aromatic nitrogens is 2. The molecule has 0 radical (unpaired) electrons. The molecule has 0 amide bonds. The second-order valence-corrected chi connectivity index (χ2v) is 4.85. The quantitative estimate of drug-likeness (QED) is 0.710. The zero-order chi connectivity index (χ0) is 11.6. The minimum atomic E-state index is 0.128. The van der Waals surface area contributed by atoms with Crippen LogP contribution in [0, 0.1) is 0 Å². The SMILES string of the molecule is CC(C)Nc1nccc(NC2(C)CNC2)n1. The van der Waals surface area contributed by atoms with Gasteiger partial charge in [-0.2, -0.15) is 4.98 Å². The van der Waals surface area contributed by atoms with Gasteiger partial charge in [0.1, 0.15) is 5.82 Å². The van der Waals surface area contributed by atoms with Crippen molar-refractivity contribution in [2.75, 3.05) is 23.7 Å². The second-order valence-electron chi connectivity index (χ2n) is 4.85. The van der Waals surface area contributed by atoms with E-state index in [4.69, 9.17) is 0 Å². The van der Waals surface area contributed by atoms with Crippen molar-refractivity contribution in [1.82, 2.24) is 15.3 Å². The molecule has 1 fully saturated rings. The van der Waals surface area contributed by atoms with Crippen molar-refractivity contribution in [3.63, 3.8) is 0 Å². The molecule has 1 aromatic rings. The molecule has 0 unspecified atom stereocenters. The summed E-state index contributed by atoms with van der Waals surface area (Å²) in [7, 11) is 0. The van der Waals surface area contributed by atoms with Gasteiger partial charge in [-0.1, -0.05) is 0 Å². The molecule has 3 N–H and O–H groups in total. The predicted octanol–water partition coefficient (Wildman–Crippen LogP) is 1.07. The first kappa shape index (κ1) is 11.1. The highest BCUT2D eigenvalue weighted by Crippen LogP contribution is 2.17. The first-order valence-electron chi connectivity index (χ1n) is 5.66. The maximum Gasteiger partial charge on any atom is 0.224 e. The van der Waals surface area contributed by atoms with Gasteiger partial charge < -0.3 is 16.0 Å². The Kier molecular flexibility index (Phi) is 2.96. The number of rotatable bonds is 4. The van der Waals surface area contributed by atoms with Crippen LogP contribution >= 0.6 is 0 Å². The van der Waals surface area contributed by atoms with Crippen LogP contribution in [-0.2, 0) is 0 Å². The lowest BCUT2D eigenvalue weighted by Gasteiger charge is -2.40. The third kappa shape index (κ3) is 2.61. The molecule has 0 atom stereocenters. The minimum absolute atomic E-state index is 0.128. The summed E-state index contributed by atoms with van der Waals surface area (Å²) in [6.45, 7) is 8.27. The van der Waals surface area contributed by atoms with Gasteiger partial charge in [-0.05, 0) is 26.8 Å². The van der Waals surface area contributed by atoms with Gasteiger partial charge in [-0.3, -0.25) is 0 Å². The van der Waals surface area contributed by atoms with E-state index in [0.717, 1.165) is 18.9 Å². The summed E-state index contributed by atoms with van der Waals surface area (Å²) in [6.07, 6.45) is 1.77. The molecular weight excluding hydrogens is 202 g/mol. The highest BCUT2D eigenvalue weighted by molar-refractivity contribution is 5.43. The molecule has 1 aromatic heterocycles. The van der Waals surface area contributed by atoms with E-state index < -0.39 is 0 Å². The average molecular weight is 221 g/mol. The highest BCUT2D eigenvalue weighted by Gasteiger charge is 2.31. The molecule has 2 heterocycles. The van der Waals surface area contributed by atoms with E-state index in [2.05, 4.69) is 46.7 Å². The third-order valence-corrected chi connectivity index (χ3v) is 2.53. The van der Waals surface area contributed by atoms with E-state index in [1.54, 1.807) is 6.20 Å². The fraction of sp³-hybridized carbons (Fsp3) is 0.636. The number of hydrogen-bond donors (Lipinski definition) is 3. The van der Waals surface area contributed by atoms with E-state index in [1.807, 2.05) is 6.07 Å². The summed E-state index contributed by atoms with van der Waals surface area (Å²) in [5, 5.41) is 9.85. The van der Waals surface area contributed by atoms with Crippen LogP contribution < -0.4 is 16.0 Å². The Bertz CT molecular complexity index is 359. The largest absolute Gasteiger partial charge is 0.362 e. The molecule has 0 saturated carbocycles. The number of anilines is 2. The van der Waals surface area contributed by atoms with E-state index in [-0.39, 0.29) is 5.54 Å². The highest BCUT2D eigenvalue weighted by atomic mass is 15.2. The molecular formula is C11H19N5. The molecule has 0 aliphatic carbocycles. The molecule has 5 heteroatoms. The molecule has 0 spiro atoms. The molecule has 1 saturated heterocycles. The van der Waals surface area contributed by atoms with Crippen molar-refractivity contribution < 1.29 is 0 Å². The van der Waals surface area contributed by atoms with E-state index in [0.29, 0.717) is 12.0 Å². The molecule has 1 aliphatic heterocycles. The van der Waals surface area contributed by atoms with Gasteiger partial charge in [0.05, 0.1) is 5.54 Å². The van der Waals surface area contributed by atoms with Crippen LogP contribution in [0.2, 0.25) is 0 Å². The van der Waals surface area contributed by atoms with Crippen molar-refractivity contribution in [3.8, 4) is 0 Å². The lowest BCUT2D eigenvalue weighted by atomic mass is 9.95. The van der Waals surface area contributed by atoms with Crippen LogP contribution in [0.4, 0.5) is 11.8 Å². The number of nitrogens with one attached hydrogen (secondary N) is 3. The molecule has 0 aromatic carbocycles. The van der Waals surface area contributed by atoms with Crippen LogP contribution in [-0.4, -0.2) is 34.6 Å². The first-order valence-corrected chi connectivity index (χ1v) is 5.66. The summed E-state index contributed by atoms with van der Waals surface area (Å²) in [4.78, 5) is 8.59. The molecule has 0 bridgehead atoms. The van der Waals surface area contributed by atoms with Gasteiger partial charge in [0.15, 0.2) is 0 Å². The van der Waals surface area contributed by atoms with Crippen LogP contribution in [0.15, 0.2) is 12.3 Å². The normalized spacial score (nSPS) is 18.0. The smallest absolute Gasteiger partial charge is 0.224 e. The Balaban J connectivity index is 2.04. The van der Waals surface area contributed by atoms with Gasteiger partial charge in [0.2, 0.25) is 5.95 Å². The van der Waals surface area contributed by atoms with Gasteiger partial charge in [0.25, 0.3) is 0 Å². The summed E-state index contributed by atoms with van der Waals surface area (Å²) in [5.41, 5.74) is 0.128. The van der Waals surface area contributed by atoms with Crippen molar-refractivity contribution in [3.05, 3.63) is 12.3 Å². The molecule has 2 rings (SSSR count). The zero-order valence-corrected chi connectivity index (χ0v) is 10.0. The summed E-state index contributed by atoms with van der Waals surface area (Å²) in [6, 6.07) is 2.24. The van der Waals surface area contributed by atoms with E-state index in [1.165, 1.54) is 0 Å². The van der Waals surface area contributed by atoms with Gasteiger partial charge in [0, 0.05) is 25.3 Å². The average Bonchev–Trinajstić information content (AvgIpc) is 2.14. The Hall–Kier alpha value is -1.36. The van der Waals surface area contributed by atoms with Crippen molar-refractivity contribution in [2.45, 2.75) is 32.4 Å². The minimum Gasteiger partial charge on any atom is -0.362 e. The third-order valence-electron chi connectivity index (χ3n) is 2.53. The Morgan fingerprint density at radius 1 is 1.44 bits per heavy atom. The van der Waals surface area contributed by atoms with Gasteiger partial charge in [-0.25, -0.2) is 4.98 Å².